The lowest BCUT2D eigenvalue weighted by Crippen LogP contribution is -2.04. The quantitative estimate of drug-likeness (QED) is 0.518. The maximum Gasteiger partial charge on any atom is 0.221 e. The van der Waals surface area contributed by atoms with Crippen molar-refractivity contribution in [2.45, 2.75) is 6.92 Å². The van der Waals surface area contributed by atoms with E-state index in [1.807, 2.05) is 30.3 Å². The highest BCUT2D eigenvalue weighted by Gasteiger charge is 2.11. The van der Waals surface area contributed by atoms with Gasteiger partial charge in [-0.1, -0.05) is 29.5 Å². The van der Waals surface area contributed by atoms with Gasteiger partial charge in [0.2, 0.25) is 11.8 Å². The molecule has 1 amide bonds. The lowest BCUT2D eigenvalue weighted by atomic mass is 10.3. The molecule has 0 aliphatic carbocycles. The van der Waals surface area contributed by atoms with Crippen LogP contribution < -0.4 is 5.32 Å². The van der Waals surface area contributed by atoms with Crippen LogP contribution >= 0.6 is 23.6 Å². The zero-order chi connectivity index (χ0) is 17.8. The Kier molecular flexibility index (Phi) is 5.06. The number of aliphatic imine (C=N–C) groups is 1. The fraction of sp³-hybridized carbons (Fsp3) is 0.0556. The third kappa shape index (κ3) is 4.01. The number of hydrogen-bond acceptors (Lipinski definition) is 5. The molecule has 0 aliphatic rings. The minimum Gasteiger partial charge on any atom is -0.493 e. The maximum absolute atomic E-state index is 11.0. The SMILES string of the molecule is CC(=O)Nc1ccc(N=Cc2sc(=S)n(-c3ccccc3)c2O)cc1. The molecule has 0 radical (unpaired) electrons. The number of carbonyl (C=O) groups is 1. The van der Waals surface area contributed by atoms with E-state index in [9.17, 15) is 9.90 Å². The third-order valence-corrected chi connectivity index (χ3v) is 4.64. The predicted molar refractivity (Wildman–Crippen MR) is 104 cm³/mol. The molecule has 7 heteroatoms. The number of rotatable bonds is 4. The van der Waals surface area contributed by atoms with Crippen LogP contribution in [0.15, 0.2) is 59.6 Å². The first-order chi connectivity index (χ1) is 12.0. The van der Waals surface area contributed by atoms with Crippen molar-refractivity contribution in [3.05, 3.63) is 63.4 Å². The lowest BCUT2D eigenvalue weighted by molar-refractivity contribution is -0.114. The van der Waals surface area contributed by atoms with Gasteiger partial charge in [0.05, 0.1) is 17.6 Å². The number of anilines is 1. The molecule has 5 nitrogen and oxygen atoms in total. The second-order valence-corrected chi connectivity index (χ2v) is 6.89. The monoisotopic (exact) mass is 369 g/mol. The highest BCUT2D eigenvalue weighted by atomic mass is 32.1. The van der Waals surface area contributed by atoms with Crippen LogP contribution in [0.25, 0.3) is 5.69 Å². The number of nitrogens with zero attached hydrogens (tertiary/aromatic N) is 2. The van der Waals surface area contributed by atoms with Gasteiger partial charge in [0, 0.05) is 12.6 Å². The summed E-state index contributed by atoms with van der Waals surface area (Å²) < 4.78 is 2.16. The maximum atomic E-state index is 11.0. The van der Waals surface area contributed by atoms with E-state index in [1.54, 1.807) is 35.0 Å². The van der Waals surface area contributed by atoms with E-state index in [0.29, 0.717) is 20.2 Å². The molecule has 2 N–H and O–H groups in total. The average Bonchev–Trinajstić information content (AvgIpc) is 2.88. The lowest BCUT2D eigenvalue weighted by Gasteiger charge is -2.03. The Balaban J connectivity index is 1.85. The molecule has 0 saturated heterocycles. The third-order valence-electron chi connectivity index (χ3n) is 3.34. The van der Waals surface area contributed by atoms with Gasteiger partial charge < -0.3 is 10.4 Å². The number of para-hydroxylation sites is 1. The Labute approximate surface area is 153 Å². The first-order valence-corrected chi connectivity index (χ1v) is 8.69. The van der Waals surface area contributed by atoms with Gasteiger partial charge in [0.15, 0.2) is 3.95 Å². The van der Waals surface area contributed by atoms with Crippen molar-refractivity contribution in [1.82, 2.24) is 4.57 Å². The van der Waals surface area contributed by atoms with E-state index >= 15 is 0 Å². The molecule has 1 aromatic heterocycles. The van der Waals surface area contributed by atoms with Crippen molar-refractivity contribution in [3.63, 3.8) is 0 Å². The van der Waals surface area contributed by atoms with Gasteiger partial charge in [-0.2, -0.15) is 0 Å². The fourth-order valence-electron chi connectivity index (χ4n) is 2.24. The van der Waals surface area contributed by atoms with Crippen molar-refractivity contribution in [2.75, 3.05) is 5.32 Å². The van der Waals surface area contributed by atoms with Crippen molar-refractivity contribution in [3.8, 4) is 11.6 Å². The van der Waals surface area contributed by atoms with Gasteiger partial charge in [-0.05, 0) is 48.6 Å². The summed E-state index contributed by atoms with van der Waals surface area (Å²) in [6.07, 6.45) is 1.59. The van der Waals surface area contributed by atoms with Gasteiger partial charge in [0.1, 0.15) is 4.88 Å². The number of thiazole rings is 1. The minimum absolute atomic E-state index is 0.0693. The van der Waals surface area contributed by atoms with Gasteiger partial charge >= 0.3 is 0 Å². The Hall–Kier alpha value is -2.77. The van der Waals surface area contributed by atoms with Crippen LogP contribution in [0.1, 0.15) is 11.8 Å². The average molecular weight is 369 g/mol. The zero-order valence-corrected chi connectivity index (χ0v) is 15.0. The zero-order valence-electron chi connectivity index (χ0n) is 13.3. The minimum atomic E-state index is -0.122. The second kappa shape index (κ2) is 7.42. The van der Waals surface area contributed by atoms with Crippen LogP contribution in [-0.2, 0) is 4.79 Å². The molecule has 25 heavy (non-hydrogen) atoms. The molecule has 0 unspecified atom stereocenters. The van der Waals surface area contributed by atoms with E-state index < -0.39 is 0 Å². The molecule has 3 aromatic rings. The van der Waals surface area contributed by atoms with Gasteiger partial charge in [-0.3, -0.25) is 14.4 Å². The smallest absolute Gasteiger partial charge is 0.221 e. The van der Waals surface area contributed by atoms with Crippen molar-refractivity contribution >= 4 is 47.1 Å². The first-order valence-electron chi connectivity index (χ1n) is 7.46. The van der Waals surface area contributed by atoms with E-state index in [1.165, 1.54) is 18.3 Å². The van der Waals surface area contributed by atoms with Crippen molar-refractivity contribution in [1.29, 1.82) is 0 Å². The summed E-state index contributed by atoms with van der Waals surface area (Å²) in [4.78, 5) is 16.0. The van der Waals surface area contributed by atoms with Crippen LogP contribution in [0.4, 0.5) is 11.4 Å². The van der Waals surface area contributed by atoms with Crippen LogP contribution in [0, 0.1) is 3.95 Å². The molecule has 3 rings (SSSR count). The molecule has 0 bridgehead atoms. The summed E-state index contributed by atoms with van der Waals surface area (Å²) >= 11 is 6.64. The molecule has 0 atom stereocenters. The summed E-state index contributed by atoms with van der Waals surface area (Å²) in [5.74, 6) is -0.0528. The molecule has 0 saturated carbocycles. The summed E-state index contributed by atoms with van der Waals surface area (Å²) in [5.41, 5.74) is 2.22. The standard InChI is InChI=1S/C18H15N3O2S2/c1-12(22)20-14-9-7-13(8-10-14)19-11-16-17(23)21(18(24)25-16)15-5-3-2-4-6-15/h2-11,23H,1H3,(H,20,22). The molecule has 0 fully saturated rings. The second-order valence-electron chi connectivity index (χ2n) is 5.21. The van der Waals surface area contributed by atoms with Crippen molar-refractivity contribution < 1.29 is 9.90 Å². The summed E-state index contributed by atoms with van der Waals surface area (Å²) in [7, 11) is 0. The Morgan fingerprint density at radius 2 is 1.88 bits per heavy atom. The fourth-order valence-corrected chi connectivity index (χ4v) is 3.46. The van der Waals surface area contributed by atoms with Crippen LogP contribution in [0.5, 0.6) is 5.88 Å². The highest BCUT2D eigenvalue weighted by molar-refractivity contribution is 7.73. The molecule has 1 heterocycles. The Morgan fingerprint density at radius 1 is 1.20 bits per heavy atom. The van der Waals surface area contributed by atoms with E-state index in [-0.39, 0.29) is 11.8 Å². The number of hydrogen-bond donors (Lipinski definition) is 2. The topological polar surface area (TPSA) is 66.6 Å². The first kappa shape index (κ1) is 17.1. The summed E-state index contributed by atoms with van der Waals surface area (Å²) in [6.45, 7) is 1.46. The van der Waals surface area contributed by atoms with Gasteiger partial charge in [0.25, 0.3) is 0 Å². The largest absolute Gasteiger partial charge is 0.493 e. The van der Waals surface area contributed by atoms with Gasteiger partial charge in [-0.15, -0.1) is 0 Å². The molecular formula is C18H15N3O2S2. The Morgan fingerprint density at radius 3 is 2.52 bits per heavy atom. The van der Waals surface area contributed by atoms with Crippen molar-refractivity contribution in [2.24, 2.45) is 4.99 Å². The normalized spacial score (nSPS) is 10.9. The predicted octanol–water partition coefficient (Wildman–Crippen LogP) is 4.68. The van der Waals surface area contributed by atoms with Crippen LogP contribution in [0.2, 0.25) is 0 Å². The number of benzene rings is 2. The molecule has 0 spiro atoms. The number of aromatic hydroxyl groups is 1. The van der Waals surface area contributed by atoms with E-state index in [4.69, 9.17) is 12.2 Å². The summed E-state index contributed by atoms with van der Waals surface area (Å²) in [5, 5.41) is 13.2. The number of amides is 1. The number of nitrogens with one attached hydrogen (secondary N) is 1. The molecular weight excluding hydrogens is 354 g/mol. The van der Waals surface area contributed by atoms with Crippen LogP contribution in [0.3, 0.4) is 0 Å². The number of carbonyl (C=O) groups excluding carboxylic acids is 1. The molecule has 2 aromatic carbocycles. The summed E-state index contributed by atoms with van der Waals surface area (Å²) in [6, 6.07) is 16.5. The highest BCUT2D eigenvalue weighted by Crippen LogP contribution is 2.28. The van der Waals surface area contributed by atoms with E-state index in [0.717, 1.165) is 5.69 Å². The Bertz CT molecular complexity index is 974. The van der Waals surface area contributed by atoms with Gasteiger partial charge in [-0.25, -0.2) is 0 Å². The number of aromatic nitrogens is 1. The molecule has 0 aliphatic heterocycles. The molecule has 126 valence electrons. The van der Waals surface area contributed by atoms with E-state index in [2.05, 4.69) is 10.3 Å². The van der Waals surface area contributed by atoms with Crippen LogP contribution in [-0.4, -0.2) is 21.8 Å².